The summed E-state index contributed by atoms with van der Waals surface area (Å²) in [6, 6.07) is 14.5. The second-order valence-corrected chi connectivity index (χ2v) is 17.6. The number of hydrogen-bond donors (Lipinski definition) is 4. The lowest BCUT2D eigenvalue weighted by atomic mass is 9.99. The highest BCUT2D eigenvalue weighted by molar-refractivity contribution is 5.91. The molecule has 2 aliphatic heterocycles. The molecule has 4 aromatic rings. The highest BCUT2D eigenvalue weighted by Crippen LogP contribution is 2.30. The standard InChI is InChI=1S/C48H66N8O4/c1-31(2)43(51-45(57)33(5)49)47(59)55-25-15-17-37(55)27-35-29-53(41-21-11-9-19-39(35)41)23-13-7-8-14-24-54-30-36(40-20-10-12-22-42(40)54)28-38-18-16-26-56(38)48(60)44(32(3)4)52-46(58)34(6)50/h7-14,19-22,29-34,37-38,43-44H,15-18,23-28,49-50H2,1-6H3,(H,51,57)(H,52,58). The van der Waals surface area contributed by atoms with Crippen molar-refractivity contribution < 1.29 is 19.2 Å². The van der Waals surface area contributed by atoms with E-state index >= 15 is 0 Å². The number of likely N-dealkylation sites (tertiary alicyclic amines) is 2. The van der Waals surface area contributed by atoms with Crippen LogP contribution in [-0.2, 0) is 45.1 Å². The van der Waals surface area contributed by atoms with Gasteiger partial charge in [-0.1, -0.05) is 88.4 Å². The molecular formula is C48H66N8O4. The van der Waals surface area contributed by atoms with Gasteiger partial charge in [-0.15, -0.1) is 0 Å². The Morgan fingerprint density at radius 2 is 1.02 bits per heavy atom. The molecule has 322 valence electrons. The van der Waals surface area contributed by atoms with E-state index in [0.29, 0.717) is 26.2 Å². The fraction of sp³-hybridized carbons (Fsp3) is 0.500. The molecule has 2 fully saturated rings. The van der Waals surface area contributed by atoms with E-state index in [1.165, 1.54) is 21.9 Å². The first kappa shape index (κ1) is 44.4. The second kappa shape index (κ2) is 19.9. The third-order valence-corrected chi connectivity index (χ3v) is 12.2. The highest BCUT2D eigenvalue weighted by Gasteiger charge is 2.37. The molecule has 2 aromatic carbocycles. The number of rotatable bonds is 17. The Morgan fingerprint density at radius 3 is 1.38 bits per heavy atom. The number of carbonyl (C=O) groups excluding carboxylic acids is 4. The van der Waals surface area contributed by atoms with Crippen molar-refractivity contribution >= 4 is 45.4 Å². The molecule has 0 bridgehead atoms. The van der Waals surface area contributed by atoms with Gasteiger partial charge in [0.25, 0.3) is 0 Å². The van der Waals surface area contributed by atoms with E-state index < -0.39 is 24.2 Å². The maximum atomic E-state index is 13.8. The molecule has 4 amide bonds. The molecule has 12 nitrogen and oxygen atoms in total. The van der Waals surface area contributed by atoms with Crippen LogP contribution in [0.1, 0.15) is 78.4 Å². The number of allylic oxidation sites excluding steroid dienone is 4. The van der Waals surface area contributed by atoms with Gasteiger partial charge in [-0.25, -0.2) is 0 Å². The number of nitrogens with one attached hydrogen (secondary N) is 2. The van der Waals surface area contributed by atoms with Crippen LogP contribution in [0.3, 0.4) is 0 Å². The van der Waals surface area contributed by atoms with Gasteiger partial charge in [0.1, 0.15) is 12.1 Å². The molecule has 0 radical (unpaired) electrons. The SMILES string of the molecule is CC(N)C(=O)NC(C(=O)N1CCCC1Cc1cn(CC=CC=CCn2cc(CC3CCCN3C(=O)C(NC(=O)C(C)N)C(C)C)c3ccccc32)c2ccccc12)C(C)C. The first-order valence-corrected chi connectivity index (χ1v) is 21.9. The lowest BCUT2D eigenvalue weighted by Gasteiger charge is -2.31. The van der Waals surface area contributed by atoms with E-state index in [2.05, 4.69) is 105 Å². The average molecular weight is 819 g/mol. The molecule has 0 aliphatic carbocycles. The summed E-state index contributed by atoms with van der Waals surface area (Å²) in [7, 11) is 0. The van der Waals surface area contributed by atoms with Crippen LogP contribution in [0.25, 0.3) is 21.8 Å². The van der Waals surface area contributed by atoms with Gasteiger partial charge in [0.15, 0.2) is 0 Å². The zero-order chi connectivity index (χ0) is 43.1. The minimum Gasteiger partial charge on any atom is -0.343 e. The molecular weight excluding hydrogens is 753 g/mol. The molecule has 6 atom stereocenters. The maximum Gasteiger partial charge on any atom is 0.245 e. The summed E-state index contributed by atoms with van der Waals surface area (Å²) >= 11 is 0. The van der Waals surface area contributed by atoms with Crippen LogP contribution < -0.4 is 22.1 Å². The molecule has 60 heavy (non-hydrogen) atoms. The molecule has 2 aromatic heterocycles. The first-order valence-electron chi connectivity index (χ1n) is 21.9. The normalized spacial score (nSPS) is 19.3. The summed E-state index contributed by atoms with van der Waals surface area (Å²) in [5.74, 6) is -0.781. The van der Waals surface area contributed by atoms with E-state index in [-0.39, 0.29) is 47.5 Å². The number of nitrogens with zero attached hydrogens (tertiary/aromatic N) is 4. The molecule has 2 saturated heterocycles. The van der Waals surface area contributed by atoms with Gasteiger partial charge >= 0.3 is 0 Å². The number of amides is 4. The van der Waals surface area contributed by atoms with Crippen molar-refractivity contribution in [3.8, 4) is 0 Å². The van der Waals surface area contributed by atoms with E-state index in [1.54, 1.807) is 13.8 Å². The predicted molar refractivity (Wildman–Crippen MR) is 240 cm³/mol. The molecule has 0 saturated carbocycles. The minimum atomic E-state index is -0.676. The van der Waals surface area contributed by atoms with Crippen LogP contribution in [0.2, 0.25) is 0 Å². The first-order chi connectivity index (χ1) is 28.7. The summed E-state index contributed by atoms with van der Waals surface area (Å²) in [6.45, 7) is 13.9. The average Bonchev–Trinajstić information content (AvgIpc) is 4.03. The largest absolute Gasteiger partial charge is 0.343 e. The Hall–Kier alpha value is -5.20. The van der Waals surface area contributed by atoms with Crippen LogP contribution in [0.15, 0.2) is 85.2 Å². The fourth-order valence-electron chi connectivity index (χ4n) is 8.92. The van der Waals surface area contributed by atoms with E-state index in [1.807, 2.05) is 37.5 Å². The van der Waals surface area contributed by atoms with Crippen molar-refractivity contribution in [1.29, 1.82) is 0 Å². The summed E-state index contributed by atoms with van der Waals surface area (Å²) in [5, 5.41) is 8.19. The smallest absolute Gasteiger partial charge is 0.245 e. The number of aromatic nitrogens is 2. The van der Waals surface area contributed by atoms with Crippen LogP contribution in [0.4, 0.5) is 0 Å². The van der Waals surface area contributed by atoms with Crippen molar-refractivity contribution in [2.45, 2.75) is 129 Å². The van der Waals surface area contributed by atoms with Crippen LogP contribution in [0.5, 0.6) is 0 Å². The monoisotopic (exact) mass is 819 g/mol. The summed E-state index contributed by atoms with van der Waals surface area (Å²) in [6.07, 6.45) is 18.2. The molecule has 6 N–H and O–H groups in total. The topological polar surface area (TPSA) is 161 Å². The number of carbonyl (C=O) groups is 4. The van der Waals surface area contributed by atoms with Gasteiger partial charge in [0.2, 0.25) is 23.6 Å². The van der Waals surface area contributed by atoms with Gasteiger partial charge in [0.05, 0.1) is 12.1 Å². The minimum absolute atomic E-state index is 0.0299. The van der Waals surface area contributed by atoms with Gasteiger partial charge in [-0.3, -0.25) is 19.2 Å². The third kappa shape index (κ3) is 10.2. The number of benzene rings is 2. The molecule has 6 unspecified atom stereocenters. The summed E-state index contributed by atoms with van der Waals surface area (Å²) < 4.78 is 4.55. The van der Waals surface area contributed by atoms with Crippen molar-refractivity contribution in [1.82, 2.24) is 29.6 Å². The zero-order valence-electron chi connectivity index (χ0n) is 36.3. The van der Waals surface area contributed by atoms with Crippen molar-refractivity contribution in [3.63, 3.8) is 0 Å². The van der Waals surface area contributed by atoms with Crippen molar-refractivity contribution in [2.75, 3.05) is 13.1 Å². The second-order valence-electron chi connectivity index (χ2n) is 17.6. The fourth-order valence-corrected chi connectivity index (χ4v) is 8.92. The molecule has 4 heterocycles. The lowest BCUT2D eigenvalue weighted by molar-refractivity contribution is -0.138. The number of nitrogens with two attached hydrogens (primary N) is 2. The Bertz CT molecular complexity index is 2040. The van der Waals surface area contributed by atoms with Gasteiger partial charge in [-0.05, 0) is 87.5 Å². The van der Waals surface area contributed by atoms with E-state index in [4.69, 9.17) is 11.5 Å². The highest BCUT2D eigenvalue weighted by atomic mass is 16.2. The van der Waals surface area contributed by atoms with E-state index in [9.17, 15) is 19.2 Å². The van der Waals surface area contributed by atoms with Gasteiger partial charge in [-0.2, -0.15) is 0 Å². The maximum absolute atomic E-state index is 13.8. The van der Waals surface area contributed by atoms with Gasteiger partial charge in [0, 0.05) is 72.5 Å². The lowest BCUT2D eigenvalue weighted by Crippen LogP contribution is -2.55. The molecule has 6 rings (SSSR count). The van der Waals surface area contributed by atoms with E-state index in [0.717, 1.165) is 49.6 Å². The van der Waals surface area contributed by atoms with Crippen molar-refractivity contribution in [2.24, 2.45) is 23.3 Å². The quantitative estimate of drug-likeness (QED) is 0.104. The Kier molecular flexibility index (Phi) is 14.7. The molecule has 12 heteroatoms. The van der Waals surface area contributed by atoms with Crippen LogP contribution in [-0.4, -0.2) is 91.9 Å². The van der Waals surface area contributed by atoms with Crippen LogP contribution in [0, 0.1) is 11.8 Å². The number of fused-ring (bicyclic) bond motifs is 2. The van der Waals surface area contributed by atoms with Crippen LogP contribution >= 0.6 is 0 Å². The Morgan fingerprint density at radius 1 is 0.633 bits per heavy atom. The predicted octanol–water partition coefficient (Wildman–Crippen LogP) is 5.45. The summed E-state index contributed by atoms with van der Waals surface area (Å²) in [4.78, 5) is 56.5. The van der Waals surface area contributed by atoms with Gasteiger partial charge < -0.3 is 41.0 Å². The summed E-state index contributed by atoms with van der Waals surface area (Å²) in [5.41, 5.74) is 16.4. The third-order valence-electron chi connectivity index (χ3n) is 12.2. The number of para-hydroxylation sites is 2. The number of hydrogen-bond acceptors (Lipinski definition) is 6. The zero-order valence-corrected chi connectivity index (χ0v) is 36.3. The van der Waals surface area contributed by atoms with Crippen molar-refractivity contribution in [3.05, 3.63) is 96.4 Å². The Balaban J connectivity index is 1.10. The molecule has 2 aliphatic rings. The molecule has 0 spiro atoms. The Labute approximate surface area is 355 Å².